The lowest BCUT2D eigenvalue weighted by atomic mass is 10.0. The van der Waals surface area contributed by atoms with Crippen LogP contribution in [0, 0.1) is 0 Å². The molecule has 0 aliphatic rings. The molecule has 6 nitrogen and oxygen atoms in total. The highest BCUT2D eigenvalue weighted by molar-refractivity contribution is 5.71. The Morgan fingerprint density at radius 3 is 0.735 bits per heavy atom. The molecular weight excluding hydrogens is 841 g/mol. The van der Waals surface area contributed by atoms with Gasteiger partial charge >= 0.3 is 17.9 Å². The van der Waals surface area contributed by atoms with Gasteiger partial charge in [0.25, 0.3) is 0 Å². The van der Waals surface area contributed by atoms with Gasteiger partial charge in [0, 0.05) is 19.3 Å². The van der Waals surface area contributed by atoms with Crippen molar-refractivity contribution in [2.24, 2.45) is 0 Å². The molecule has 0 aromatic heterocycles. The highest BCUT2D eigenvalue weighted by Gasteiger charge is 2.19. The van der Waals surface area contributed by atoms with Crippen LogP contribution in [0.1, 0.15) is 348 Å². The van der Waals surface area contributed by atoms with Gasteiger partial charge in [0.1, 0.15) is 13.2 Å². The molecule has 0 radical (unpaired) electrons. The third kappa shape index (κ3) is 55.1. The molecule has 402 valence electrons. The number of allylic oxidation sites excluding steroid dienone is 2. The van der Waals surface area contributed by atoms with Crippen LogP contribution in [0.25, 0.3) is 0 Å². The van der Waals surface area contributed by atoms with Crippen molar-refractivity contribution >= 4 is 17.9 Å². The van der Waals surface area contributed by atoms with E-state index < -0.39 is 6.10 Å². The van der Waals surface area contributed by atoms with Crippen molar-refractivity contribution in [3.63, 3.8) is 0 Å². The standard InChI is InChI=1S/C62H118O6/c1-4-7-10-13-16-19-22-25-28-30-31-32-35-37-40-43-46-49-52-55-61(64)67-58-59(57-66-60(63)54-51-48-45-42-39-36-33-27-24-21-18-15-12-9-6-3)68-62(65)56-53-50-47-44-41-38-34-29-26-23-20-17-14-11-8-5-2/h29,34,59H,4-28,30-33,35-58H2,1-3H3/b34-29-. The fraction of sp³-hybridized carbons (Fsp3) is 0.919. The summed E-state index contributed by atoms with van der Waals surface area (Å²) in [5.41, 5.74) is 0. The Balaban J connectivity index is 4.30. The minimum atomic E-state index is -0.769. The molecule has 1 atom stereocenters. The smallest absolute Gasteiger partial charge is 0.306 e. The maximum Gasteiger partial charge on any atom is 0.306 e. The van der Waals surface area contributed by atoms with Crippen molar-refractivity contribution in [2.45, 2.75) is 354 Å². The summed E-state index contributed by atoms with van der Waals surface area (Å²) in [6.07, 6.45) is 66.3. The van der Waals surface area contributed by atoms with Gasteiger partial charge in [0.15, 0.2) is 6.10 Å². The summed E-state index contributed by atoms with van der Waals surface area (Å²) in [6.45, 7) is 6.70. The molecule has 0 aromatic carbocycles. The second-order valence-electron chi connectivity index (χ2n) is 21.0. The molecule has 0 aliphatic heterocycles. The summed E-state index contributed by atoms with van der Waals surface area (Å²) in [5, 5.41) is 0. The summed E-state index contributed by atoms with van der Waals surface area (Å²) in [4.78, 5) is 38.2. The van der Waals surface area contributed by atoms with E-state index in [0.29, 0.717) is 19.3 Å². The van der Waals surface area contributed by atoms with Crippen molar-refractivity contribution in [1.82, 2.24) is 0 Å². The second-order valence-corrected chi connectivity index (χ2v) is 21.0. The Labute approximate surface area is 424 Å². The second kappa shape index (κ2) is 57.7. The zero-order chi connectivity index (χ0) is 49.3. The van der Waals surface area contributed by atoms with Crippen molar-refractivity contribution in [2.75, 3.05) is 13.2 Å². The molecule has 0 saturated heterocycles. The molecule has 0 aliphatic carbocycles. The lowest BCUT2D eigenvalue weighted by Crippen LogP contribution is -2.30. The normalized spacial score (nSPS) is 12.0. The Bertz CT molecular complexity index is 1060. The van der Waals surface area contributed by atoms with E-state index in [4.69, 9.17) is 14.2 Å². The number of hydrogen-bond donors (Lipinski definition) is 0. The fourth-order valence-corrected chi connectivity index (χ4v) is 9.38. The van der Waals surface area contributed by atoms with E-state index in [1.807, 2.05) is 0 Å². The van der Waals surface area contributed by atoms with Crippen LogP contribution in [-0.2, 0) is 28.6 Å². The van der Waals surface area contributed by atoms with Gasteiger partial charge in [-0.15, -0.1) is 0 Å². The number of esters is 3. The lowest BCUT2D eigenvalue weighted by molar-refractivity contribution is -0.167. The van der Waals surface area contributed by atoms with E-state index in [9.17, 15) is 14.4 Å². The molecule has 0 bridgehead atoms. The fourth-order valence-electron chi connectivity index (χ4n) is 9.38. The molecule has 6 heteroatoms. The quantitative estimate of drug-likeness (QED) is 0.0262. The number of carbonyl (C=O) groups excluding carboxylic acids is 3. The molecule has 1 unspecified atom stereocenters. The number of ether oxygens (including phenoxy) is 3. The number of hydrogen-bond acceptors (Lipinski definition) is 6. The van der Waals surface area contributed by atoms with Crippen LogP contribution >= 0.6 is 0 Å². The van der Waals surface area contributed by atoms with Gasteiger partial charge in [0.2, 0.25) is 0 Å². The predicted molar refractivity (Wildman–Crippen MR) is 293 cm³/mol. The third-order valence-electron chi connectivity index (χ3n) is 14.0. The first-order chi connectivity index (χ1) is 33.5. The minimum absolute atomic E-state index is 0.0671. The van der Waals surface area contributed by atoms with Crippen molar-refractivity contribution in [1.29, 1.82) is 0 Å². The van der Waals surface area contributed by atoms with E-state index in [-0.39, 0.29) is 31.1 Å². The molecule has 0 rings (SSSR count). The van der Waals surface area contributed by atoms with E-state index in [2.05, 4.69) is 32.9 Å². The van der Waals surface area contributed by atoms with E-state index in [0.717, 1.165) is 64.2 Å². The largest absolute Gasteiger partial charge is 0.462 e. The van der Waals surface area contributed by atoms with Crippen molar-refractivity contribution in [3.8, 4) is 0 Å². The van der Waals surface area contributed by atoms with Crippen LogP contribution < -0.4 is 0 Å². The average molecular weight is 960 g/mol. The topological polar surface area (TPSA) is 78.9 Å². The molecule has 0 aromatic rings. The predicted octanol–water partition coefficient (Wildman–Crippen LogP) is 20.5. The molecule has 0 N–H and O–H groups in total. The van der Waals surface area contributed by atoms with Crippen LogP contribution in [-0.4, -0.2) is 37.2 Å². The van der Waals surface area contributed by atoms with Gasteiger partial charge in [0.05, 0.1) is 0 Å². The Kier molecular flexibility index (Phi) is 56.2. The van der Waals surface area contributed by atoms with E-state index in [1.165, 1.54) is 244 Å². The maximum atomic E-state index is 12.9. The van der Waals surface area contributed by atoms with E-state index >= 15 is 0 Å². The zero-order valence-electron chi connectivity index (χ0n) is 46.2. The Morgan fingerprint density at radius 1 is 0.279 bits per heavy atom. The summed E-state index contributed by atoms with van der Waals surface area (Å²) in [6, 6.07) is 0. The van der Waals surface area contributed by atoms with Crippen LogP contribution in [0.5, 0.6) is 0 Å². The highest BCUT2D eigenvalue weighted by atomic mass is 16.6. The van der Waals surface area contributed by atoms with Gasteiger partial charge in [-0.25, -0.2) is 0 Å². The summed E-state index contributed by atoms with van der Waals surface area (Å²) >= 11 is 0. The number of carbonyl (C=O) groups is 3. The molecular formula is C62H118O6. The maximum absolute atomic E-state index is 12.9. The number of rotatable bonds is 57. The first kappa shape index (κ1) is 66.2. The summed E-state index contributed by atoms with van der Waals surface area (Å²) < 4.78 is 16.9. The number of unbranched alkanes of at least 4 members (excludes halogenated alkanes) is 44. The first-order valence-electron chi connectivity index (χ1n) is 30.7. The molecule has 0 spiro atoms. The van der Waals surface area contributed by atoms with Crippen LogP contribution in [0.15, 0.2) is 12.2 Å². The summed E-state index contributed by atoms with van der Waals surface area (Å²) in [5.74, 6) is -0.847. The van der Waals surface area contributed by atoms with Crippen LogP contribution in [0.3, 0.4) is 0 Å². The molecule has 0 fully saturated rings. The van der Waals surface area contributed by atoms with Gasteiger partial charge in [-0.2, -0.15) is 0 Å². The van der Waals surface area contributed by atoms with Gasteiger partial charge in [-0.3, -0.25) is 14.4 Å². The molecule has 0 heterocycles. The lowest BCUT2D eigenvalue weighted by Gasteiger charge is -2.18. The monoisotopic (exact) mass is 959 g/mol. The van der Waals surface area contributed by atoms with Gasteiger partial charge in [-0.1, -0.05) is 296 Å². The van der Waals surface area contributed by atoms with Crippen molar-refractivity contribution < 1.29 is 28.6 Å². The zero-order valence-corrected chi connectivity index (χ0v) is 46.2. The Hall–Kier alpha value is -1.85. The third-order valence-corrected chi connectivity index (χ3v) is 14.0. The average Bonchev–Trinajstić information content (AvgIpc) is 3.34. The van der Waals surface area contributed by atoms with Gasteiger partial charge < -0.3 is 14.2 Å². The Morgan fingerprint density at radius 2 is 0.485 bits per heavy atom. The van der Waals surface area contributed by atoms with E-state index in [1.54, 1.807) is 0 Å². The minimum Gasteiger partial charge on any atom is -0.462 e. The first-order valence-corrected chi connectivity index (χ1v) is 30.7. The van der Waals surface area contributed by atoms with Crippen LogP contribution in [0.2, 0.25) is 0 Å². The molecule has 0 saturated carbocycles. The molecule has 0 amide bonds. The molecule has 68 heavy (non-hydrogen) atoms. The highest BCUT2D eigenvalue weighted by Crippen LogP contribution is 2.18. The summed E-state index contributed by atoms with van der Waals surface area (Å²) in [7, 11) is 0. The van der Waals surface area contributed by atoms with Gasteiger partial charge in [-0.05, 0) is 44.9 Å². The van der Waals surface area contributed by atoms with Crippen molar-refractivity contribution in [3.05, 3.63) is 12.2 Å². The SMILES string of the molecule is CCCCCCCCC/C=C\CCCCCCCC(=O)OC(COC(=O)CCCCCCCCCCCCCCCCC)COC(=O)CCCCCCCCCCCCCCCCCCCCC. The van der Waals surface area contributed by atoms with Crippen LogP contribution in [0.4, 0.5) is 0 Å².